The molecule has 5 nitrogen and oxygen atoms in total. The summed E-state index contributed by atoms with van der Waals surface area (Å²) in [7, 11) is 0. The lowest BCUT2D eigenvalue weighted by Crippen LogP contribution is -2.27. The Hall–Kier alpha value is -2.30. The monoisotopic (exact) mass is 290 g/mol. The molecule has 0 saturated carbocycles. The molecule has 0 aliphatic carbocycles. The summed E-state index contributed by atoms with van der Waals surface area (Å²) in [5, 5.41) is 0. The molecule has 1 aliphatic heterocycles. The molecule has 0 bridgehead atoms. The van der Waals surface area contributed by atoms with Crippen LogP contribution in [-0.4, -0.2) is 31.8 Å². The van der Waals surface area contributed by atoms with Crippen LogP contribution >= 0.6 is 0 Å². The highest BCUT2D eigenvalue weighted by atomic mass is 16.6. The summed E-state index contributed by atoms with van der Waals surface area (Å²) in [6.07, 6.45) is 0. The van der Waals surface area contributed by atoms with Crippen LogP contribution < -0.4 is 0 Å². The first-order valence-electron chi connectivity index (χ1n) is 6.86. The summed E-state index contributed by atoms with van der Waals surface area (Å²) < 4.78 is 15.7. The van der Waals surface area contributed by atoms with Crippen LogP contribution in [0, 0.1) is 0 Å². The standard InChI is InChI=1S/C16H18O5/c1-3-19-15(17)14-11(2)20-9-13(10-21-16(14)18)12-7-5-4-6-8-12/h4-8,13H,3,9-10H2,1-2H3/b14-11-. The number of esters is 2. The van der Waals surface area contributed by atoms with Crippen molar-refractivity contribution in [1.82, 2.24) is 0 Å². The zero-order chi connectivity index (χ0) is 15.2. The van der Waals surface area contributed by atoms with E-state index >= 15 is 0 Å². The van der Waals surface area contributed by atoms with Crippen LogP contribution in [-0.2, 0) is 23.8 Å². The number of allylic oxidation sites excluding steroid dienone is 1. The van der Waals surface area contributed by atoms with Crippen molar-refractivity contribution in [1.29, 1.82) is 0 Å². The maximum Gasteiger partial charge on any atom is 0.349 e. The molecule has 0 spiro atoms. The number of rotatable bonds is 3. The number of hydrogen-bond donors (Lipinski definition) is 0. The summed E-state index contributed by atoms with van der Waals surface area (Å²) in [6, 6.07) is 9.66. The van der Waals surface area contributed by atoms with E-state index in [0.29, 0.717) is 6.61 Å². The average Bonchev–Trinajstić information content (AvgIpc) is 2.47. The molecule has 1 aliphatic rings. The fourth-order valence-corrected chi connectivity index (χ4v) is 2.09. The van der Waals surface area contributed by atoms with Crippen molar-refractivity contribution in [3.05, 3.63) is 47.2 Å². The summed E-state index contributed by atoms with van der Waals surface area (Å²) >= 11 is 0. The lowest BCUT2D eigenvalue weighted by molar-refractivity contribution is -0.148. The first-order valence-corrected chi connectivity index (χ1v) is 6.86. The molecule has 1 unspecified atom stereocenters. The summed E-state index contributed by atoms with van der Waals surface area (Å²) in [5.41, 5.74) is 0.862. The third-order valence-electron chi connectivity index (χ3n) is 3.22. The molecule has 21 heavy (non-hydrogen) atoms. The van der Waals surface area contributed by atoms with Crippen LogP contribution in [0.3, 0.4) is 0 Å². The Kier molecular flexibility index (Phi) is 4.98. The van der Waals surface area contributed by atoms with Gasteiger partial charge in [-0.15, -0.1) is 0 Å². The molecule has 1 aromatic carbocycles. The van der Waals surface area contributed by atoms with Crippen LogP contribution in [0.5, 0.6) is 0 Å². The largest absolute Gasteiger partial charge is 0.496 e. The highest BCUT2D eigenvalue weighted by Gasteiger charge is 2.29. The molecule has 1 heterocycles. The molecule has 0 fully saturated rings. The SMILES string of the molecule is CCOC(=O)/C1=C(\C)OCC(c2ccccc2)COC1=O. The maximum atomic E-state index is 12.0. The lowest BCUT2D eigenvalue weighted by Gasteiger charge is -2.22. The van der Waals surface area contributed by atoms with Crippen LogP contribution in [0.2, 0.25) is 0 Å². The summed E-state index contributed by atoms with van der Waals surface area (Å²) in [6.45, 7) is 3.94. The molecule has 112 valence electrons. The van der Waals surface area contributed by atoms with E-state index < -0.39 is 11.9 Å². The van der Waals surface area contributed by atoms with Gasteiger partial charge in [0.2, 0.25) is 0 Å². The average molecular weight is 290 g/mol. The van der Waals surface area contributed by atoms with Gasteiger partial charge < -0.3 is 14.2 Å². The smallest absolute Gasteiger partial charge is 0.349 e. The topological polar surface area (TPSA) is 61.8 Å². The van der Waals surface area contributed by atoms with E-state index in [2.05, 4.69) is 0 Å². The van der Waals surface area contributed by atoms with Gasteiger partial charge in [0.25, 0.3) is 0 Å². The van der Waals surface area contributed by atoms with Crippen molar-refractivity contribution < 1.29 is 23.8 Å². The van der Waals surface area contributed by atoms with Gasteiger partial charge in [0, 0.05) is 0 Å². The Balaban J connectivity index is 2.18. The van der Waals surface area contributed by atoms with Gasteiger partial charge in [-0.1, -0.05) is 30.3 Å². The highest BCUT2D eigenvalue weighted by molar-refractivity contribution is 6.14. The van der Waals surface area contributed by atoms with E-state index in [4.69, 9.17) is 14.2 Å². The van der Waals surface area contributed by atoms with E-state index in [-0.39, 0.29) is 30.5 Å². The lowest BCUT2D eigenvalue weighted by atomic mass is 10.0. The van der Waals surface area contributed by atoms with Crippen molar-refractivity contribution in [2.24, 2.45) is 0 Å². The Labute approximate surface area is 123 Å². The third kappa shape index (κ3) is 3.62. The predicted octanol–water partition coefficient (Wildman–Crippen LogP) is 2.18. The Morgan fingerprint density at radius 3 is 2.57 bits per heavy atom. The van der Waals surface area contributed by atoms with E-state index in [1.807, 2.05) is 30.3 Å². The third-order valence-corrected chi connectivity index (χ3v) is 3.22. The Morgan fingerprint density at radius 1 is 1.24 bits per heavy atom. The van der Waals surface area contributed by atoms with Crippen molar-refractivity contribution in [3.8, 4) is 0 Å². The molecular formula is C16H18O5. The van der Waals surface area contributed by atoms with Gasteiger partial charge in [-0.05, 0) is 19.4 Å². The van der Waals surface area contributed by atoms with Crippen LogP contribution in [0.4, 0.5) is 0 Å². The molecule has 1 atom stereocenters. The summed E-state index contributed by atoms with van der Waals surface area (Å²) in [5.74, 6) is -1.24. The van der Waals surface area contributed by atoms with Crippen LogP contribution in [0.25, 0.3) is 0 Å². The van der Waals surface area contributed by atoms with Gasteiger partial charge >= 0.3 is 11.9 Å². The van der Waals surface area contributed by atoms with Crippen molar-refractivity contribution in [2.75, 3.05) is 19.8 Å². The van der Waals surface area contributed by atoms with Gasteiger partial charge in [0.15, 0.2) is 5.57 Å². The molecule has 0 amide bonds. The first kappa shape index (κ1) is 15.1. The summed E-state index contributed by atoms with van der Waals surface area (Å²) in [4.78, 5) is 23.8. The van der Waals surface area contributed by atoms with Gasteiger partial charge in [-0.3, -0.25) is 0 Å². The fourth-order valence-electron chi connectivity index (χ4n) is 2.09. The normalized spacial score (nSPS) is 22.6. The van der Waals surface area contributed by atoms with Gasteiger partial charge in [-0.25, -0.2) is 9.59 Å². The van der Waals surface area contributed by atoms with E-state index in [0.717, 1.165) is 5.56 Å². The number of carbonyl (C=O) groups excluding carboxylic acids is 2. The van der Waals surface area contributed by atoms with Gasteiger partial charge in [0.05, 0.1) is 19.1 Å². The highest BCUT2D eigenvalue weighted by Crippen LogP contribution is 2.22. The van der Waals surface area contributed by atoms with Crippen molar-refractivity contribution in [3.63, 3.8) is 0 Å². The van der Waals surface area contributed by atoms with Crippen LogP contribution in [0.15, 0.2) is 41.7 Å². The Bertz CT molecular complexity index is 547. The number of cyclic esters (lactones) is 1. The zero-order valence-electron chi connectivity index (χ0n) is 12.1. The molecule has 0 radical (unpaired) electrons. The molecule has 0 aromatic heterocycles. The Morgan fingerprint density at radius 2 is 1.90 bits per heavy atom. The number of carbonyl (C=O) groups is 2. The molecule has 1 aromatic rings. The van der Waals surface area contributed by atoms with Gasteiger partial charge in [-0.2, -0.15) is 0 Å². The predicted molar refractivity (Wildman–Crippen MR) is 75.4 cm³/mol. The van der Waals surface area contributed by atoms with Crippen molar-refractivity contribution >= 4 is 11.9 Å². The minimum absolute atomic E-state index is 0.0613. The minimum Gasteiger partial charge on any atom is -0.496 e. The van der Waals surface area contributed by atoms with E-state index in [1.165, 1.54) is 0 Å². The fraction of sp³-hybridized carbons (Fsp3) is 0.375. The second-order valence-electron chi connectivity index (χ2n) is 4.67. The van der Waals surface area contributed by atoms with E-state index in [9.17, 15) is 9.59 Å². The minimum atomic E-state index is -0.710. The molecule has 2 rings (SSSR count). The number of benzene rings is 1. The molecule has 5 heteroatoms. The van der Waals surface area contributed by atoms with Crippen LogP contribution in [0.1, 0.15) is 25.3 Å². The molecule has 0 saturated heterocycles. The number of hydrogen-bond acceptors (Lipinski definition) is 5. The number of ether oxygens (including phenoxy) is 3. The second kappa shape index (κ2) is 6.92. The van der Waals surface area contributed by atoms with Gasteiger partial charge in [0.1, 0.15) is 12.4 Å². The quantitative estimate of drug-likeness (QED) is 0.630. The first-order chi connectivity index (χ1) is 10.1. The maximum absolute atomic E-state index is 12.0. The zero-order valence-corrected chi connectivity index (χ0v) is 12.1. The van der Waals surface area contributed by atoms with Crippen molar-refractivity contribution in [2.45, 2.75) is 19.8 Å². The second-order valence-corrected chi connectivity index (χ2v) is 4.67. The molecular weight excluding hydrogens is 272 g/mol. The van der Waals surface area contributed by atoms with E-state index in [1.54, 1.807) is 13.8 Å². The molecule has 0 N–H and O–H groups in total.